The second-order valence-corrected chi connectivity index (χ2v) is 5.39. The van der Waals surface area contributed by atoms with Crippen LogP contribution < -0.4 is 11.3 Å². The summed E-state index contributed by atoms with van der Waals surface area (Å²) in [6.45, 7) is 4.94. The van der Waals surface area contributed by atoms with Gasteiger partial charge in [-0.25, -0.2) is 0 Å². The Morgan fingerprint density at radius 2 is 2.17 bits per heavy atom. The van der Waals surface area contributed by atoms with Gasteiger partial charge in [0.1, 0.15) is 6.54 Å². The molecule has 0 atom stereocenters. The van der Waals surface area contributed by atoms with Gasteiger partial charge >= 0.3 is 0 Å². The number of nitrogens with zero attached hydrogens (tertiary/aromatic N) is 2. The van der Waals surface area contributed by atoms with Crippen LogP contribution in [0.2, 0.25) is 0 Å². The van der Waals surface area contributed by atoms with Crippen LogP contribution in [0, 0.1) is 0 Å². The molecule has 5 heteroatoms. The number of carbonyl (C=O) groups is 1. The molecule has 0 unspecified atom stereocenters. The van der Waals surface area contributed by atoms with Crippen molar-refractivity contribution >= 4 is 11.6 Å². The number of pyridine rings is 1. The summed E-state index contributed by atoms with van der Waals surface area (Å²) in [4.78, 5) is 25.7. The van der Waals surface area contributed by atoms with Crippen LogP contribution in [0.5, 0.6) is 0 Å². The van der Waals surface area contributed by atoms with Crippen LogP contribution in [-0.2, 0) is 11.3 Å². The number of carbonyl (C=O) groups excluding carboxylic acids is 1. The summed E-state index contributed by atoms with van der Waals surface area (Å²) in [6.07, 6.45) is 3.54. The van der Waals surface area contributed by atoms with Gasteiger partial charge in [-0.2, -0.15) is 0 Å². The third kappa shape index (κ3) is 2.39. The second kappa shape index (κ2) is 4.48. The summed E-state index contributed by atoms with van der Waals surface area (Å²) < 4.78 is 1.37. The standard InChI is InChI=1S/C13H19N3O2/c1-13(2)6-3-7-16(13)12(18)9-15-8-10(14)4-5-11(15)17/h4-5,8H,3,6-7,9,14H2,1-2H3. The lowest BCUT2D eigenvalue weighted by molar-refractivity contribution is -0.135. The zero-order valence-corrected chi connectivity index (χ0v) is 10.8. The average molecular weight is 249 g/mol. The first kappa shape index (κ1) is 12.7. The Kier molecular flexibility index (Phi) is 3.15. The fraction of sp³-hybridized carbons (Fsp3) is 0.538. The quantitative estimate of drug-likeness (QED) is 0.844. The van der Waals surface area contributed by atoms with E-state index in [2.05, 4.69) is 13.8 Å². The molecule has 98 valence electrons. The lowest BCUT2D eigenvalue weighted by atomic mass is 10.0. The molecule has 2 N–H and O–H groups in total. The molecular formula is C13H19N3O2. The Hall–Kier alpha value is -1.78. The molecule has 5 nitrogen and oxygen atoms in total. The minimum Gasteiger partial charge on any atom is -0.398 e. The van der Waals surface area contributed by atoms with Crippen molar-refractivity contribution in [2.45, 2.75) is 38.8 Å². The number of hydrogen-bond acceptors (Lipinski definition) is 3. The molecule has 18 heavy (non-hydrogen) atoms. The molecule has 0 saturated carbocycles. The number of nitrogen functional groups attached to an aromatic ring is 1. The molecule has 1 fully saturated rings. The minimum atomic E-state index is -0.199. The lowest BCUT2D eigenvalue weighted by Crippen LogP contribution is -2.45. The third-order valence-corrected chi connectivity index (χ3v) is 3.51. The van der Waals surface area contributed by atoms with Crippen molar-refractivity contribution < 1.29 is 4.79 Å². The second-order valence-electron chi connectivity index (χ2n) is 5.39. The van der Waals surface area contributed by atoms with Gasteiger partial charge in [0.05, 0.1) is 0 Å². The molecule has 2 heterocycles. The van der Waals surface area contributed by atoms with E-state index in [1.165, 1.54) is 16.8 Å². The van der Waals surface area contributed by atoms with Crippen molar-refractivity contribution in [2.24, 2.45) is 0 Å². The van der Waals surface area contributed by atoms with Crippen LogP contribution in [0.25, 0.3) is 0 Å². The van der Waals surface area contributed by atoms with Gasteiger partial charge < -0.3 is 15.2 Å². The maximum Gasteiger partial charge on any atom is 0.251 e. The molecule has 1 aromatic rings. The van der Waals surface area contributed by atoms with Gasteiger partial charge in [0.2, 0.25) is 5.91 Å². The first-order chi connectivity index (χ1) is 8.40. The first-order valence-corrected chi connectivity index (χ1v) is 6.16. The van der Waals surface area contributed by atoms with Crippen molar-refractivity contribution in [1.29, 1.82) is 0 Å². The Balaban J connectivity index is 2.17. The van der Waals surface area contributed by atoms with Gasteiger partial charge in [-0.3, -0.25) is 9.59 Å². The number of amides is 1. The summed E-state index contributed by atoms with van der Waals surface area (Å²) in [7, 11) is 0. The van der Waals surface area contributed by atoms with Crippen LogP contribution in [0.4, 0.5) is 5.69 Å². The van der Waals surface area contributed by atoms with E-state index in [9.17, 15) is 9.59 Å². The molecule has 0 aliphatic carbocycles. The molecular weight excluding hydrogens is 230 g/mol. The predicted molar refractivity (Wildman–Crippen MR) is 70.1 cm³/mol. The Bertz CT molecular complexity index is 519. The molecule has 1 amide bonds. The van der Waals surface area contributed by atoms with E-state index in [1.807, 2.05) is 4.90 Å². The highest BCUT2D eigenvalue weighted by Gasteiger charge is 2.35. The van der Waals surface area contributed by atoms with Gasteiger partial charge in [0, 0.05) is 30.0 Å². The van der Waals surface area contributed by atoms with E-state index in [0.29, 0.717) is 5.69 Å². The van der Waals surface area contributed by atoms with Gasteiger partial charge in [-0.05, 0) is 32.8 Å². The van der Waals surface area contributed by atoms with E-state index < -0.39 is 0 Å². The average Bonchev–Trinajstić information content (AvgIpc) is 2.63. The van der Waals surface area contributed by atoms with E-state index in [-0.39, 0.29) is 23.6 Å². The van der Waals surface area contributed by atoms with Crippen molar-refractivity contribution in [3.8, 4) is 0 Å². The Labute approximate surface area is 106 Å². The van der Waals surface area contributed by atoms with Gasteiger partial charge in [-0.1, -0.05) is 0 Å². The zero-order valence-electron chi connectivity index (χ0n) is 10.8. The fourth-order valence-electron chi connectivity index (χ4n) is 2.47. The summed E-state index contributed by atoms with van der Waals surface area (Å²) in [5.41, 5.74) is 5.80. The Morgan fingerprint density at radius 3 is 2.78 bits per heavy atom. The predicted octanol–water partition coefficient (Wildman–Crippen LogP) is 0.832. The van der Waals surface area contributed by atoms with E-state index in [0.717, 1.165) is 19.4 Å². The van der Waals surface area contributed by atoms with E-state index in [1.54, 1.807) is 6.07 Å². The summed E-state index contributed by atoms with van der Waals surface area (Å²) in [5.74, 6) is -0.0230. The summed E-state index contributed by atoms with van der Waals surface area (Å²) >= 11 is 0. The molecule has 0 radical (unpaired) electrons. The molecule has 0 aromatic carbocycles. The number of aromatic nitrogens is 1. The normalized spacial score (nSPS) is 18.0. The number of anilines is 1. The molecule has 1 saturated heterocycles. The SMILES string of the molecule is CC1(C)CCCN1C(=O)Cn1cc(N)ccc1=O. The van der Waals surface area contributed by atoms with Crippen LogP contribution in [0.1, 0.15) is 26.7 Å². The molecule has 2 rings (SSSR count). The number of rotatable bonds is 2. The van der Waals surface area contributed by atoms with Crippen LogP contribution in [0.15, 0.2) is 23.1 Å². The molecule has 0 bridgehead atoms. The number of likely N-dealkylation sites (tertiary alicyclic amines) is 1. The van der Waals surface area contributed by atoms with Crippen LogP contribution >= 0.6 is 0 Å². The van der Waals surface area contributed by atoms with E-state index >= 15 is 0 Å². The topological polar surface area (TPSA) is 68.3 Å². The fourth-order valence-corrected chi connectivity index (χ4v) is 2.47. The number of nitrogens with two attached hydrogens (primary N) is 1. The summed E-state index contributed by atoms with van der Waals surface area (Å²) in [5, 5.41) is 0. The maximum atomic E-state index is 12.2. The van der Waals surface area contributed by atoms with Crippen molar-refractivity contribution in [1.82, 2.24) is 9.47 Å². The Morgan fingerprint density at radius 1 is 1.44 bits per heavy atom. The summed E-state index contributed by atoms with van der Waals surface area (Å²) in [6, 6.07) is 2.93. The van der Waals surface area contributed by atoms with Gasteiger partial charge in [-0.15, -0.1) is 0 Å². The van der Waals surface area contributed by atoms with Crippen LogP contribution in [-0.4, -0.2) is 27.5 Å². The zero-order chi connectivity index (χ0) is 13.3. The maximum absolute atomic E-state index is 12.2. The van der Waals surface area contributed by atoms with E-state index in [4.69, 9.17) is 5.73 Å². The van der Waals surface area contributed by atoms with Crippen LogP contribution in [0.3, 0.4) is 0 Å². The van der Waals surface area contributed by atoms with Gasteiger partial charge in [0.15, 0.2) is 0 Å². The largest absolute Gasteiger partial charge is 0.398 e. The highest BCUT2D eigenvalue weighted by molar-refractivity contribution is 5.77. The number of hydrogen-bond donors (Lipinski definition) is 1. The smallest absolute Gasteiger partial charge is 0.251 e. The van der Waals surface area contributed by atoms with Gasteiger partial charge in [0.25, 0.3) is 5.56 Å². The van der Waals surface area contributed by atoms with Crippen molar-refractivity contribution in [3.63, 3.8) is 0 Å². The van der Waals surface area contributed by atoms with Crippen molar-refractivity contribution in [2.75, 3.05) is 12.3 Å². The van der Waals surface area contributed by atoms with Crippen molar-refractivity contribution in [3.05, 3.63) is 28.7 Å². The highest BCUT2D eigenvalue weighted by atomic mass is 16.2. The highest BCUT2D eigenvalue weighted by Crippen LogP contribution is 2.28. The molecule has 1 aliphatic rings. The molecule has 0 spiro atoms. The minimum absolute atomic E-state index is 0.0230. The first-order valence-electron chi connectivity index (χ1n) is 6.16. The third-order valence-electron chi connectivity index (χ3n) is 3.51. The molecule has 1 aliphatic heterocycles. The molecule has 1 aromatic heterocycles. The monoisotopic (exact) mass is 249 g/mol. The lowest BCUT2D eigenvalue weighted by Gasteiger charge is -2.31.